The van der Waals surface area contributed by atoms with Gasteiger partial charge in [-0.2, -0.15) is 0 Å². The van der Waals surface area contributed by atoms with Gasteiger partial charge >= 0.3 is 6.85 Å². The molecule has 4 heterocycles. The largest absolute Gasteiger partial charge is 0.456 e. The first kappa shape index (κ1) is 49.6. The van der Waals surface area contributed by atoms with Gasteiger partial charge in [0.25, 0.3) is 0 Å². The van der Waals surface area contributed by atoms with Crippen molar-refractivity contribution in [3.63, 3.8) is 0 Å². The van der Waals surface area contributed by atoms with Gasteiger partial charge < -0.3 is 19.0 Å². The average molecular weight is 1010 g/mol. The van der Waals surface area contributed by atoms with E-state index in [4.69, 9.17) is 4.42 Å². The molecule has 8 aromatic carbocycles. The van der Waals surface area contributed by atoms with Crippen LogP contribution in [0.3, 0.4) is 0 Å². The van der Waals surface area contributed by atoms with Gasteiger partial charge in [-0.3, -0.25) is 0 Å². The lowest BCUT2D eigenvalue weighted by Gasteiger charge is -2.55. The van der Waals surface area contributed by atoms with E-state index in [1.807, 2.05) is 0 Å². The maximum atomic E-state index is 6.97. The van der Waals surface area contributed by atoms with Crippen LogP contribution in [0.1, 0.15) is 150 Å². The second-order valence-electron chi connectivity index (χ2n) is 27.8. The lowest BCUT2D eigenvalue weighted by atomic mass is 9.42. The van der Waals surface area contributed by atoms with E-state index in [-0.39, 0.29) is 39.5 Å². The average Bonchev–Trinajstić information content (AvgIpc) is 4.02. The normalized spacial score (nSPS) is 18.9. The summed E-state index contributed by atoms with van der Waals surface area (Å²) >= 11 is 0. The minimum atomic E-state index is -0.152. The first-order valence-electron chi connectivity index (χ1n) is 28.6. The highest BCUT2D eigenvalue weighted by atomic mass is 16.3. The monoisotopic (exact) mass is 1010 g/mol. The molecule has 2 unspecified atom stereocenters. The highest BCUT2D eigenvalue weighted by Crippen LogP contribution is 2.64. The summed E-state index contributed by atoms with van der Waals surface area (Å²) < 4.78 is 6.97. The molecule has 9 aromatic rings. The summed E-state index contributed by atoms with van der Waals surface area (Å²) in [5.74, 6) is 0. The fraction of sp³-hybridized carbons (Fsp3) is 0.333. The van der Waals surface area contributed by atoms with Gasteiger partial charge in [0.1, 0.15) is 11.2 Å². The number of hydrogen-bond donors (Lipinski definition) is 0. The molecule has 0 N–H and O–H groups in total. The number of para-hydroxylation sites is 1. The Labute approximate surface area is 459 Å². The van der Waals surface area contributed by atoms with Crippen LogP contribution in [0.4, 0.5) is 39.8 Å². The first-order chi connectivity index (χ1) is 36.5. The number of rotatable bonds is 5. The molecule has 13 rings (SSSR count). The van der Waals surface area contributed by atoms with Gasteiger partial charge in [0.15, 0.2) is 0 Å². The van der Waals surface area contributed by atoms with Gasteiger partial charge in [0, 0.05) is 55.9 Å². The van der Waals surface area contributed by atoms with Gasteiger partial charge in [-0.05, 0) is 158 Å². The summed E-state index contributed by atoms with van der Waals surface area (Å²) in [5, 5.41) is 2.30. The van der Waals surface area contributed by atoms with Crippen molar-refractivity contribution in [3.05, 3.63) is 186 Å². The third-order valence-corrected chi connectivity index (χ3v) is 18.8. The van der Waals surface area contributed by atoms with Crippen LogP contribution in [0, 0.1) is 0 Å². The van der Waals surface area contributed by atoms with Crippen LogP contribution >= 0.6 is 0 Å². The van der Waals surface area contributed by atoms with Crippen LogP contribution in [0.5, 0.6) is 0 Å². The smallest absolute Gasteiger partial charge is 0.328 e. The molecule has 77 heavy (non-hydrogen) atoms. The van der Waals surface area contributed by atoms with Crippen LogP contribution in [0.25, 0.3) is 44.2 Å². The van der Waals surface area contributed by atoms with Crippen molar-refractivity contribution in [1.29, 1.82) is 0 Å². The minimum absolute atomic E-state index is 0.0588. The lowest BCUT2D eigenvalue weighted by molar-refractivity contribution is 0.199. The molecule has 0 bridgehead atoms. The molecule has 4 aliphatic rings. The predicted molar refractivity (Wildman–Crippen MR) is 330 cm³/mol. The van der Waals surface area contributed by atoms with Gasteiger partial charge in [-0.25, -0.2) is 0 Å². The van der Waals surface area contributed by atoms with Gasteiger partial charge in [-0.15, -0.1) is 0 Å². The third-order valence-electron chi connectivity index (χ3n) is 18.8. The van der Waals surface area contributed by atoms with Crippen LogP contribution in [-0.4, -0.2) is 12.4 Å². The number of furan rings is 1. The van der Waals surface area contributed by atoms with Crippen LogP contribution in [0.2, 0.25) is 0 Å². The summed E-state index contributed by atoms with van der Waals surface area (Å²) in [7, 11) is 0. The van der Waals surface area contributed by atoms with E-state index in [0.29, 0.717) is 0 Å². The van der Waals surface area contributed by atoms with E-state index < -0.39 is 0 Å². The zero-order valence-corrected chi connectivity index (χ0v) is 48.2. The molecule has 4 nitrogen and oxygen atoms in total. The summed E-state index contributed by atoms with van der Waals surface area (Å²) in [5.41, 5.74) is 24.4. The van der Waals surface area contributed by atoms with E-state index in [0.717, 1.165) is 57.5 Å². The summed E-state index contributed by atoms with van der Waals surface area (Å²) in [6, 6.07) is 61.0. The molecule has 1 fully saturated rings. The second-order valence-corrected chi connectivity index (χ2v) is 27.8. The van der Waals surface area contributed by atoms with Gasteiger partial charge in [0.2, 0.25) is 0 Å². The predicted octanol–water partition coefficient (Wildman–Crippen LogP) is 18.9. The van der Waals surface area contributed by atoms with E-state index in [1.165, 1.54) is 90.9 Å². The van der Waals surface area contributed by atoms with E-state index in [2.05, 4.69) is 269 Å². The Morgan fingerprint density at radius 2 is 1.09 bits per heavy atom. The summed E-state index contributed by atoms with van der Waals surface area (Å²) in [6.07, 6.45) is 4.74. The van der Waals surface area contributed by atoms with Crippen LogP contribution < -0.4 is 25.5 Å². The van der Waals surface area contributed by atoms with Crippen LogP contribution in [0.15, 0.2) is 162 Å². The Kier molecular flexibility index (Phi) is 10.8. The Morgan fingerprint density at radius 3 is 1.75 bits per heavy atom. The maximum Gasteiger partial charge on any atom is 0.328 e. The molecule has 5 heteroatoms. The van der Waals surface area contributed by atoms with Crippen molar-refractivity contribution in [2.45, 2.75) is 155 Å². The Bertz CT molecular complexity index is 3820. The molecule has 0 radical (unpaired) electrons. The molecular weight excluding hydrogens is 934 g/mol. The minimum Gasteiger partial charge on any atom is -0.456 e. The lowest BCUT2D eigenvalue weighted by Crippen LogP contribution is -2.70. The summed E-state index contributed by atoms with van der Waals surface area (Å²) in [4.78, 5) is 8.25. The quantitative estimate of drug-likeness (QED) is 0.160. The molecule has 3 aliphatic heterocycles. The molecule has 1 aliphatic carbocycles. The Morgan fingerprint density at radius 1 is 0.481 bits per heavy atom. The van der Waals surface area contributed by atoms with E-state index in [1.54, 1.807) is 0 Å². The highest BCUT2D eigenvalue weighted by Gasteiger charge is 2.63. The topological polar surface area (TPSA) is 22.9 Å². The summed E-state index contributed by atoms with van der Waals surface area (Å²) in [6.45, 7) is 33.4. The number of benzene rings is 8. The SMILES string of the molecule is CC(C)(C)c1cccc(N(c2cccc(C(C)(C)C)c2)c2cc3c4c(c2)N(c2ccc(C(C)(C)C)cc2-c2ccccc2)c2c(ccc5oc6ccccc6c25)B4N2c4c-3cc(C(C)(C)C)cc4C3(C)CCCCC23C)c1. The number of fused-ring (bicyclic) bond motifs is 11. The number of anilines is 7. The van der Waals surface area contributed by atoms with Crippen molar-refractivity contribution in [2.75, 3.05) is 14.6 Å². The maximum absolute atomic E-state index is 6.97. The Hall–Kier alpha value is -6.98. The fourth-order valence-corrected chi connectivity index (χ4v) is 14.2. The molecule has 1 saturated carbocycles. The molecule has 388 valence electrons. The molecular formula is C72H76BN3O. The highest BCUT2D eigenvalue weighted by molar-refractivity contribution is 6.93. The molecule has 2 atom stereocenters. The van der Waals surface area contributed by atoms with Crippen molar-refractivity contribution < 1.29 is 4.42 Å². The zero-order valence-electron chi connectivity index (χ0n) is 48.2. The first-order valence-corrected chi connectivity index (χ1v) is 28.6. The standard InChI is InChI=1S/C72H76BN3O/c1-67(2,3)46-26-22-28-50(38-46)74(51-29-23-27-47(39-51)68(4,5)6)52-43-55-56-41-49(70(10,11)12)42-57-65(56)76(72(14)37-21-20-36-71(57,72)13)73-58-33-35-62-63(53-30-18-19-31-61(53)77-62)66(58)75(60(44-52)64(55)73)59-34-32-48(69(7,8)9)40-54(59)45-24-16-15-17-25-45/h15-19,22-35,38-44H,20-21,36-37H2,1-14H3. The molecule has 1 aromatic heterocycles. The molecule has 0 spiro atoms. The van der Waals surface area contributed by atoms with Crippen molar-refractivity contribution >= 4 is 79.5 Å². The number of hydrogen-bond acceptors (Lipinski definition) is 4. The molecule has 0 amide bonds. The van der Waals surface area contributed by atoms with Crippen LogP contribution in [-0.2, 0) is 27.1 Å². The van der Waals surface area contributed by atoms with Crippen molar-refractivity contribution in [2.24, 2.45) is 0 Å². The van der Waals surface area contributed by atoms with E-state index >= 15 is 0 Å². The third kappa shape index (κ3) is 7.45. The molecule has 0 saturated heterocycles. The number of nitrogens with zero attached hydrogens (tertiary/aromatic N) is 3. The van der Waals surface area contributed by atoms with Gasteiger partial charge in [0.05, 0.1) is 16.8 Å². The fourth-order valence-electron chi connectivity index (χ4n) is 14.2. The van der Waals surface area contributed by atoms with Crippen molar-refractivity contribution in [1.82, 2.24) is 0 Å². The van der Waals surface area contributed by atoms with E-state index in [9.17, 15) is 0 Å². The van der Waals surface area contributed by atoms with Gasteiger partial charge in [-0.1, -0.05) is 194 Å². The zero-order chi connectivity index (χ0) is 53.9. The van der Waals surface area contributed by atoms with Crippen molar-refractivity contribution in [3.8, 4) is 22.3 Å². The Balaban J connectivity index is 1.24. The second kappa shape index (κ2) is 16.8.